The van der Waals surface area contributed by atoms with Gasteiger partial charge in [-0.2, -0.15) is 0 Å². The van der Waals surface area contributed by atoms with E-state index in [2.05, 4.69) is 0 Å². The molecule has 0 aliphatic heterocycles. The lowest BCUT2D eigenvalue weighted by Gasteiger charge is -2.22. The van der Waals surface area contributed by atoms with Gasteiger partial charge in [-0.15, -0.1) is 0 Å². The van der Waals surface area contributed by atoms with E-state index in [1.54, 1.807) is 0 Å². The van der Waals surface area contributed by atoms with Crippen molar-refractivity contribution in [3.63, 3.8) is 0 Å². The molecular weight excluding hydrogens is 168 g/mol. The van der Waals surface area contributed by atoms with Crippen molar-refractivity contribution < 1.29 is 30.3 Å². The summed E-state index contributed by atoms with van der Waals surface area (Å²) in [6, 6.07) is 0. The normalized spacial score (nSPS) is 21.1. The second kappa shape index (κ2) is 5.18. The van der Waals surface area contributed by atoms with Gasteiger partial charge in [0.1, 0.15) is 24.4 Å². The molecule has 0 bridgehead atoms. The number of aldehydes is 1. The SMILES string of the molecule is O=CC(O)C(O)C(O)[C@H](O)CO. The molecule has 0 saturated carbocycles. The van der Waals surface area contributed by atoms with E-state index < -0.39 is 31.0 Å². The van der Waals surface area contributed by atoms with Gasteiger partial charge in [0.2, 0.25) is 0 Å². The van der Waals surface area contributed by atoms with Crippen LogP contribution in [0.1, 0.15) is 0 Å². The highest BCUT2D eigenvalue weighted by molar-refractivity contribution is 5.56. The van der Waals surface area contributed by atoms with Crippen molar-refractivity contribution in [1.29, 1.82) is 0 Å². The highest BCUT2D eigenvalue weighted by Crippen LogP contribution is 2.02. The van der Waals surface area contributed by atoms with Crippen LogP contribution in [0, 0.1) is 0 Å². The van der Waals surface area contributed by atoms with Gasteiger partial charge in [-0.1, -0.05) is 0 Å². The van der Waals surface area contributed by atoms with Crippen LogP contribution in [-0.2, 0) is 4.79 Å². The van der Waals surface area contributed by atoms with Gasteiger partial charge >= 0.3 is 0 Å². The zero-order chi connectivity index (χ0) is 9.72. The zero-order valence-electron chi connectivity index (χ0n) is 6.24. The van der Waals surface area contributed by atoms with E-state index in [0.717, 1.165) is 0 Å². The summed E-state index contributed by atoms with van der Waals surface area (Å²) in [5.41, 5.74) is 0. The fraction of sp³-hybridized carbons (Fsp3) is 0.833. The maximum atomic E-state index is 9.90. The van der Waals surface area contributed by atoms with Crippen molar-refractivity contribution in [2.75, 3.05) is 6.61 Å². The molecule has 0 aromatic carbocycles. The Morgan fingerprint density at radius 1 is 1.08 bits per heavy atom. The molecule has 3 unspecified atom stereocenters. The molecule has 0 aliphatic rings. The number of hydrogen-bond acceptors (Lipinski definition) is 6. The molecular formula is C6H12O6. The van der Waals surface area contributed by atoms with E-state index >= 15 is 0 Å². The molecule has 72 valence electrons. The predicted octanol–water partition coefficient (Wildman–Crippen LogP) is -3.38. The van der Waals surface area contributed by atoms with Gasteiger partial charge in [-0.05, 0) is 0 Å². The van der Waals surface area contributed by atoms with E-state index in [-0.39, 0.29) is 6.29 Å². The Bertz CT molecular complexity index is 138. The Balaban J connectivity index is 4.07. The highest BCUT2D eigenvalue weighted by atomic mass is 16.4. The number of rotatable bonds is 5. The van der Waals surface area contributed by atoms with E-state index in [1.807, 2.05) is 0 Å². The molecule has 6 heteroatoms. The first kappa shape index (κ1) is 11.5. The smallest absolute Gasteiger partial charge is 0.151 e. The molecule has 0 fully saturated rings. The molecule has 0 aromatic heterocycles. The Kier molecular flexibility index (Phi) is 4.95. The van der Waals surface area contributed by atoms with Crippen LogP contribution in [0.25, 0.3) is 0 Å². The van der Waals surface area contributed by atoms with E-state index in [0.29, 0.717) is 0 Å². The molecule has 0 spiro atoms. The average Bonchev–Trinajstić information content (AvgIpc) is 2.12. The number of aliphatic hydroxyl groups is 5. The fourth-order valence-corrected chi connectivity index (χ4v) is 0.618. The molecule has 0 aromatic rings. The van der Waals surface area contributed by atoms with Gasteiger partial charge in [-0.25, -0.2) is 0 Å². The summed E-state index contributed by atoms with van der Waals surface area (Å²) < 4.78 is 0. The molecule has 5 N–H and O–H groups in total. The lowest BCUT2D eigenvalue weighted by Crippen LogP contribution is -2.46. The van der Waals surface area contributed by atoms with Crippen molar-refractivity contribution in [2.45, 2.75) is 24.4 Å². The number of carbonyl (C=O) groups excluding carboxylic acids is 1. The second-order valence-electron chi connectivity index (χ2n) is 2.36. The second-order valence-corrected chi connectivity index (χ2v) is 2.36. The summed E-state index contributed by atoms with van der Waals surface area (Å²) in [5.74, 6) is 0. The third kappa shape index (κ3) is 2.84. The van der Waals surface area contributed by atoms with E-state index in [4.69, 9.17) is 25.5 Å². The maximum Gasteiger partial charge on any atom is 0.151 e. The number of hydrogen-bond donors (Lipinski definition) is 5. The summed E-state index contributed by atoms with van der Waals surface area (Å²) in [4.78, 5) is 9.90. The Labute approximate surface area is 68.7 Å². The van der Waals surface area contributed by atoms with Gasteiger partial charge in [0, 0.05) is 0 Å². The minimum atomic E-state index is -1.79. The van der Waals surface area contributed by atoms with Gasteiger partial charge < -0.3 is 30.3 Å². The first-order valence-electron chi connectivity index (χ1n) is 3.33. The molecule has 0 aliphatic carbocycles. The number of aliphatic hydroxyl groups excluding tert-OH is 5. The topological polar surface area (TPSA) is 118 Å². The molecule has 4 atom stereocenters. The zero-order valence-corrected chi connectivity index (χ0v) is 6.24. The standard InChI is InChI=1S/C6H12O6/c7-1-3(9)5(11)6(12)4(10)2-8/h1,3-6,8-12H,2H2/t3?,4-,5?,6?/m1/s1. The van der Waals surface area contributed by atoms with Crippen molar-refractivity contribution in [3.05, 3.63) is 0 Å². The van der Waals surface area contributed by atoms with Crippen LogP contribution >= 0.6 is 0 Å². The van der Waals surface area contributed by atoms with E-state index in [9.17, 15) is 4.79 Å². The quantitative estimate of drug-likeness (QED) is 0.282. The lowest BCUT2D eigenvalue weighted by atomic mass is 10.0. The largest absolute Gasteiger partial charge is 0.394 e. The van der Waals surface area contributed by atoms with Crippen LogP contribution in [0.15, 0.2) is 0 Å². The van der Waals surface area contributed by atoms with Crippen LogP contribution in [0.2, 0.25) is 0 Å². The predicted molar refractivity (Wildman–Crippen MR) is 37.2 cm³/mol. The summed E-state index contributed by atoms with van der Waals surface area (Å²) >= 11 is 0. The van der Waals surface area contributed by atoms with Gasteiger partial charge in [0.15, 0.2) is 6.29 Å². The summed E-state index contributed by atoms with van der Waals surface area (Å²) in [6.07, 6.45) is -6.84. The van der Waals surface area contributed by atoms with Crippen LogP contribution in [0.4, 0.5) is 0 Å². The van der Waals surface area contributed by atoms with Gasteiger partial charge in [0.05, 0.1) is 6.61 Å². The molecule has 6 nitrogen and oxygen atoms in total. The van der Waals surface area contributed by atoms with Gasteiger partial charge in [-0.3, -0.25) is 0 Å². The van der Waals surface area contributed by atoms with Crippen molar-refractivity contribution >= 4 is 6.29 Å². The Morgan fingerprint density at radius 2 is 1.58 bits per heavy atom. The Morgan fingerprint density at radius 3 is 1.92 bits per heavy atom. The monoisotopic (exact) mass is 180 g/mol. The minimum Gasteiger partial charge on any atom is -0.394 e. The molecule has 0 radical (unpaired) electrons. The molecule has 12 heavy (non-hydrogen) atoms. The van der Waals surface area contributed by atoms with Crippen molar-refractivity contribution in [2.24, 2.45) is 0 Å². The maximum absolute atomic E-state index is 9.90. The van der Waals surface area contributed by atoms with Crippen LogP contribution in [-0.4, -0.2) is 62.8 Å². The summed E-state index contributed by atoms with van der Waals surface area (Å²) in [6.45, 7) is -0.760. The minimum absolute atomic E-state index is 0.0258. The summed E-state index contributed by atoms with van der Waals surface area (Å²) in [7, 11) is 0. The molecule has 0 rings (SSSR count). The van der Waals surface area contributed by atoms with Crippen LogP contribution < -0.4 is 0 Å². The third-order valence-corrected chi connectivity index (χ3v) is 1.42. The van der Waals surface area contributed by atoms with Crippen molar-refractivity contribution in [1.82, 2.24) is 0 Å². The van der Waals surface area contributed by atoms with Gasteiger partial charge in [0.25, 0.3) is 0 Å². The number of carbonyl (C=O) groups is 1. The Hall–Kier alpha value is -0.530. The van der Waals surface area contributed by atoms with Crippen LogP contribution in [0.5, 0.6) is 0 Å². The lowest BCUT2D eigenvalue weighted by molar-refractivity contribution is -0.136. The molecule has 0 amide bonds. The fourth-order valence-electron chi connectivity index (χ4n) is 0.618. The van der Waals surface area contributed by atoms with Crippen LogP contribution in [0.3, 0.4) is 0 Å². The molecule has 0 heterocycles. The molecule has 0 saturated heterocycles. The first-order chi connectivity index (χ1) is 5.54. The first-order valence-corrected chi connectivity index (χ1v) is 3.33. The van der Waals surface area contributed by atoms with Crippen molar-refractivity contribution in [3.8, 4) is 0 Å². The highest BCUT2D eigenvalue weighted by Gasteiger charge is 2.29. The van der Waals surface area contributed by atoms with E-state index in [1.165, 1.54) is 0 Å². The summed E-state index contributed by atoms with van der Waals surface area (Å²) in [5, 5.41) is 43.5. The average molecular weight is 180 g/mol. The third-order valence-electron chi connectivity index (χ3n) is 1.42.